The Morgan fingerprint density at radius 3 is 2.58 bits per heavy atom. The van der Waals surface area contributed by atoms with Crippen LogP contribution in [0.3, 0.4) is 0 Å². The van der Waals surface area contributed by atoms with Crippen molar-refractivity contribution in [2.24, 2.45) is 0 Å². The molecule has 0 aliphatic heterocycles. The van der Waals surface area contributed by atoms with Crippen LogP contribution in [-0.2, 0) is 4.79 Å². The molecule has 1 N–H and O–H groups in total. The van der Waals surface area contributed by atoms with Crippen molar-refractivity contribution in [3.05, 3.63) is 42.5 Å². The maximum Gasteiger partial charge on any atom is 0.244 e. The number of anilines is 1. The standard InChI is InChI=1S/C16H20N2O/c1-4-18(3)16(19)12(2)17-15-10-9-13-7-5-6-8-14(13)11-15/h5-12,17H,4H2,1-3H3. The van der Waals surface area contributed by atoms with Gasteiger partial charge in [-0.05, 0) is 36.8 Å². The van der Waals surface area contributed by atoms with Crippen LogP contribution in [0.15, 0.2) is 42.5 Å². The number of nitrogens with zero attached hydrogens (tertiary/aromatic N) is 1. The number of fused-ring (bicyclic) bond motifs is 1. The summed E-state index contributed by atoms with van der Waals surface area (Å²) in [6.07, 6.45) is 0. The Balaban J connectivity index is 2.15. The number of likely N-dealkylation sites (N-methyl/N-ethyl adjacent to an activating group) is 1. The fraction of sp³-hybridized carbons (Fsp3) is 0.312. The van der Waals surface area contributed by atoms with Crippen LogP contribution in [0.25, 0.3) is 10.8 Å². The third-order valence-corrected chi connectivity index (χ3v) is 3.35. The van der Waals surface area contributed by atoms with Gasteiger partial charge in [-0.15, -0.1) is 0 Å². The lowest BCUT2D eigenvalue weighted by atomic mass is 10.1. The van der Waals surface area contributed by atoms with Gasteiger partial charge in [-0.25, -0.2) is 0 Å². The second-order valence-electron chi connectivity index (χ2n) is 4.78. The highest BCUT2D eigenvalue weighted by Crippen LogP contribution is 2.19. The van der Waals surface area contributed by atoms with E-state index in [-0.39, 0.29) is 11.9 Å². The molecule has 0 aromatic heterocycles. The largest absolute Gasteiger partial charge is 0.374 e. The summed E-state index contributed by atoms with van der Waals surface area (Å²) in [5, 5.41) is 5.64. The molecule has 100 valence electrons. The Kier molecular flexibility index (Phi) is 4.05. The van der Waals surface area contributed by atoms with Crippen LogP contribution >= 0.6 is 0 Å². The van der Waals surface area contributed by atoms with Crippen LogP contribution < -0.4 is 5.32 Å². The minimum Gasteiger partial charge on any atom is -0.374 e. The summed E-state index contributed by atoms with van der Waals surface area (Å²) in [6.45, 7) is 4.59. The second-order valence-corrected chi connectivity index (χ2v) is 4.78. The molecule has 0 bridgehead atoms. The fourth-order valence-electron chi connectivity index (χ4n) is 2.08. The quantitative estimate of drug-likeness (QED) is 0.911. The molecule has 1 amide bonds. The van der Waals surface area contributed by atoms with Gasteiger partial charge in [0.15, 0.2) is 0 Å². The van der Waals surface area contributed by atoms with Crippen molar-refractivity contribution in [2.45, 2.75) is 19.9 Å². The molecule has 0 spiro atoms. The van der Waals surface area contributed by atoms with Crippen molar-refractivity contribution in [1.82, 2.24) is 4.90 Å². The van der Waals surface area contributed by atoms with E-state index in [4.69, 9.17) is 0 Å². The molecule has 2 rings (SSSR count). The molecule has 0 radical (unpaired) electrons. The first-order valence-corrected chi connectivity index (χ1v) is 6.62. The molecule has 0 aliphatic rings. The molecular formula is C16H20N2O. The lowest BCUT2D eigenvalue weighted by molar-refractivity contribution is -0.130. The SMILES string of the molecule is CCN(C)C(=O)C(C)Nc1ccc2ccccc2c1. The summed E-state index contributed by atoms with van der Waals surface area (Å²) < 4.78 is 0. The Morgan fingerprint density at radius 2 is 1.89 bits per heavy atom. The zero-order valence-electron chi connectivity index (χ0n) is 11.7. The number of rotatable bonds is 4. The van der Waals surface area contributed by atoms with Crippen LogP contribution in [0.5, 0.6) is 0 Å². The summed E-state index contributed by atoms with van der Waals surface area (Å²) in [7, 11) is 1.82. The van der Waals surface area contributed by atoms with Gasteiger partial charge in [-0.3, -0.25) is 4.79 Å². The van der Waals surface area contributed by atoms with Crippen LogP contribution in [0.4, 0.5) is 5.69 Å². The number of carbonyl (C=O) groups excluding carboxylic acids is 1. The summed E-state index contributed by atoms with van der Waals surface area (Å²) in [4.78, 5) is 13.7. The van der Waals surface area contributed by atoms with Gasteiger partial charge in [-0.2, -0.15) is 0 Å². The molecule has 19 heavy (non-hydrogen) atoms. The molecule has 2 aromatic rings. The summed E-state index contributed by atoms with van der Waals surface area (Å²) in [5.74, 6) is 0.107. The van der Waals surface area contributed by atoms with Gasteiger partial charge in [0.05, 0.1) is 0 Å². The van der Waals surface area contributed by atoms with E-state index < -0.39 is 0 Å². The molecule has 0 saturated heterocycles. The van der Waals surface area contributed by atoms with E-state index in [0.29, 0.717) is 0 Å². The van der Waals surface area contributed by atoms with Crippen LogP contribution in [0.1, 0.15) is 13.8 Å². The molecule has 0 aliphatic carbocycles. The zero-order chi connectivity index (χ0) is 13.8. The van der Waals surface area contributed by atoms with Crippen LogP contribution in [0, 0.1) is 0 Å². The zero-order valence-corrected chi connectivity index (χ0v) is 11.7. The molecule has 0 saturated carbocycles. The van der Waals surface area contributed by atoms with Crippen molar-refractivity contribution in [1.29, 1.82) is 0 Å². The van der Waals surface area contributed by atoms with Gasteiger partial charge >= 0.3 is 0 Å². The molecule has 1 unspecified atom stereocenters. The third-order valence-electron chi connectivity index (χ3n) is 3.35. The van der Waals surface area contributed by atoms with Gasteiger partial charge < -0.3 is 10.2 Å². The fourth-order valence-corrected chi connectivity index (χ4v) is 2.08. The molecule has 1 atom stereocenters. The van der Waals surface area contributed by atoms with Gasteiger partial charge in [0.1, 0.15) is 6.04 Å². The number of amides is 1. The predicted molar refractivity (Wildman–Crippen MR) is 80.3 cm³/mol. The van der Waals surface area contributed by atoms with Gasteiger partial charge in [-0.1, -0.05) is 30.3 Å². The van der Waals surface area contributed by atoms with E-state index in [0.717, 1.165) is 12.2 Å². The summed E-state index contributed by atoms with van der Waals surface area (Å²) >= 11 is 0. The number of benzene rings is 2. The molecule has 3 nitrogen and oxygen atoms in total. The highest BCUT2D eigenvalue weighted by molar-refractivity contribution is 5.88. The van der Waals surface area contributed by atoms with E-state index in [1.165, 1.54) is 10.8 Å². The lowest BCUT2D eigenvalue weighted by Gasteiger charge is -2.21. The first-order valence-electron chi connectivity index (χ1n) is 6.62. The highest BCUT2D eigenvalue weighted by Gasteiger charge is 2.15. The van der Waals surface area contributed by atoms with E-state index in [1.807, 2.05) is 39.1 Å². The molecule has 2 aromatic carbocycles. The Morgan fingerprint density at radius 1 is 1.21 bits per heavy atom. The van der Waals surface area contributed by atoms with Crippen LogP contribution in [-0.4, -0.2) is 30.4 Å². The van der Waals surface area contributed by atoms with Crippen molar-refractivity contribution in [3.63, 3.8) is 0 Å². The Bertz CT molecular complexity index is 580. The first kappa shape index (κ1) is 13.4. The van der Waals surface area contributed by atoms with Crippen molar-refractivity contribution >= 4 is 22.4 Å². The molecular weight excluding hydrogens is 236 g/mol. The topological polar surface area (TPSA) is 32.3 Å². The third kappa shape index (κ3) is 3.05. The van der Waals surface area contributed by atoms with E-state index in [1.54, 1.807) is 4.90 Å². The van der Waals surface area contributed by atoms with E-state index in [9.17, 15) is 4.79 Å². The van der Waals surface area contributed by atoms with Crippen molar-refractivity contribution in [2.75, 3.05) is 18.9 Å². The average molecular weight is 256 g/mol. The molecule has 3 heteroatoms. The van der Waals surface area contributed by atoms with Crippen LogP contribution in [0.2, 0.25) is 0 Å². The van der Waals surface area contributed by atoms with E-state index in [2.05, 4.69) is 29.6 Å². The normalized spacial score (nSPS) is 12.2. The van der Waals surface area contributed by atoms with E-state index >= 15 is 0 Å². The Hall–Kier alpha value is -2.03. The van der Waals surface area contributed by atoms with Gasteiger partial charge in [0, 0.05) is 19.3 Å². The van der Waals surface area contributed by atoms with Gasteiger partial charge in [0.2, 0.25) is 5.91 Å². The number of nitrogens with one attached hydrogen (secondary N) is 1. The first-order chi connectivity index (χ1) is 9.11. The smallest absolute Gasteiger partial charge is 0.244 e. The second kappa shape index (κ2) is 5.74. The summed E-state index contributed by atoms with van der Waals surface area (Å²) in [5.41, 5.74) is 0.976. The minimum atomic E-state index is -0.217. The lowest BCUT2D eigenvalue weighted by Crippen LogP contribution is -2.38. The molecule has 0 heterocycles. The number of carbonyl (C=O) groups is 1. The minimum absolute atomic E-state index is 0.107. The van der Waals surface area contributed by atoms with Crippen molar-refractivity contribution in [3.8, 4) is 0 Å². The monoisotopic (exact) mass is 256 g/mol. The predicted octanol–water partition coefficient (Wildman–Crippen LogP) is 3.12. The summed E-state index contributed by atoms with van der Waals surface area (Å²) in [6, 6.07) is 14.1. The number of hydrogen-bond acceptors (Lipinski definition) is 2. The maximum absolute atomic E-state index is 12.0. The Labute approximate surface area is 114 Å². The number of hydrogen-bond donors (Lipinski definition) is 1. The van der Waals surface area contributed by atoms with Crippen molar-refractivity contribution < 1.29 is 4.79 Å². The van der Waals surface area contributed by atoms with Gasteiger partial charge in [0.25, 0.3) is 0 Å². The highest BCUT2D eigenvalue weighted by atomic mass is 16.2. The maximum atomic E-state index is 12.0. The molecule has 0 fully saturated rings. The average Bonchev–Trinajstić information content (AvgIpc) is 2.45.